The first kappa shape index (κ1) is 19.4. The number of nitrogens with zero attached hydrogens (tertiary/aromatic N) is 3. The lowest BCUT2D eigenvalue weighted by atomic mass is 9.81. The molecule has 4 rings (SSSR count). The maximum absolute atomic E-state index is 11.4. The zero-order chi connectivity index (χ0) is 20.2. The third kappa shape index (κ3) is 4.56. The zero-order valence-corrected chi connectivity index (χ0v) is 16.5. The number of ether oxygens (including phenoxy) is 1. The van der Waals surface area contributed by atoms with Crippen LogP contribution in [0.15, 0.2) is 42.6 Å². The third-order valence-electron chi connectivity index (χ3n) is 5.72. The number of piperidine rings is 1. The molecule has 2 aromatic heterocycles. The minimum atomic E-state index is -0.732. The molecule has 0 aliphatic carbocycles. The number of carboxylic acids is 1. The topological polar surface area (TPSA) is 91.3 Å². The van der Waals surface area contributed by atoms with E-state index in [1.54, 1.807) is 7.11 Å². The van der Waals surface area contributed by atoms with Crippen LogP contribution in [0.5, 0.6) is 5.75 Å². The molecule has 29 heavy (non-hydrogen) atoms. The first-order valence-electron chi connectivity index (χ1n) is 9.98. The Morgan fingerprint density at radius 3 is 2.93 bits per heavy atom. The summed E-state index contributed by atoms with van der Waals surface area (Å²) in [5, 5.41) is 9.37. The number of hydrogen-bond acceptors (Lipinski definition) is 5. The van der Waals surface area contributed by atoms with E-state index in [2.05, 4.69) is 14.9 Å². The summed E-state index contributed by atoms with van der Waals surface area (Å²) < 4.78 is 5.41. The van der Waals surface area contributed by atoms with E-state index >= 15 is 0 Å². The van der Waals surface area contributed by atoms with Gasteiger partial charge in [0.1, 0.15) is 17.1 Å². The molecule has 2 atom stereocenters. The van der Waals surface area contributed by atoms with Gasteiger partial charge in [-0.25, -0.2) is 4.98 Å². The van der Waals surface area contributed by atoms with Crippen LogP contribution in [0.1, 0.15) is 24.4 Å². The molecule has 0 unspecified atom stereocenters. The lowest BCUT2D eigenvalue weighted by Gasteiger charge is -2.37. The number of imidazole rings is 1. The molecule has 1 fully saturated rings. The highest BCUT2D eigenvalue weighted by Gasteiger charge is 2.31. The van der Waals surface area contributed by atoms with Crippen molar-refractivity contribution in [3.05, 3.63) is 54.1 Å². The number of para-hydroxylation sites is 1. The van der Waals surface area contributed by atoms with Crippen molar-refractivity contribution < 1.29 is 14.6 Å². The van der Waals surface area contributed by atoms with E-state index in [9.17, 15) is 9.90 Å². The summed E-state index contributed by atoms with van der Waals surface area (Å²) >= 11 is 0. The lowest BCUT2D eigenvalue weighted by Crippen LogP contribution is -2.41. The standard InChI is InChI=1S/C22H26N4O3/c1-29-19-7-4-6-18-22(19)25-20(24-18)11-16-13-26(10-8-15(16)12-21(27)28)14-17-5-2-3-9-23-17/h2-7,9,15-16H,8,10-14H2,1H3,(H,24,25)(H,27,28)/t15-,16-/m0/s1. The summed E-state index contributed by atoms with van der Waals surface area (Å²) in [5.41, 5.74) is 2.80. The van der Waals surface area contributed by atoms with Gasteiger partial charge in [0.25, 0.3) is 0 Å². The number of hydrogen-bond donors (Lipinski definition) is 2. The number of carboxylic acid groups (broad SMARTS) is 1. The smallest absolute Gasteiger partial charge is 0.303 e. The number of likely N-dealkylation sites (tertiary alicyclic amines) is 1. The number of rotatable bonds is 7. The molecule has 0 spiro atoms. The van der Waals surface area contributed by atoms with E-state index in [1.165, 1.54) is 0 Å². The molecule has 7 nitrogen and oxygen atoms in total. The van der Waals surface area contributed by atoms with E-state index < -0.39 is 5.97 Å². The molecule has 3 aromatic rings. The third-order valence-corrected chi connectivity index (χ3v) is 5.72. The van der Waals surface area contributed by atoms with Crippen LogP contribution >= 0.6 is 0 Å². The lowest BCUT2D eigenvalue weighted by molar-refractivity contribution is -0.139. The van der Waals surface area contributed by atoms with Crippen LogP contribution in [-0.2, 0) is 17.8 Å². The van der Waals surface area contributed by atoms with Crippen molar-refractivity contribution >= 4 is 17.0 Å². The Hall–Kier alpha value is -2.93. The minimum Gasteiger partial charge on any atom is -0.494 e. The number of aromatic nitrogens is 3. The Kier molecular flexibility index (Phi) is 5.76. The van der Waals surface area contributed by atoms with Crippen LogP contribution in [0.3, 0.4) is 0 Å². The summed E-state index contributed by atoms with van der Waals surface area (Å²) in [6, 6.07) is 11.8. The van der Waals surface area contributed by atoms with Crippen LogP contribution in [0, 0.1) is 11.8 Å². The predicted molar refractivity (Wildman–Crippen MR) is 110 cm³/mol. The Bertz CT molecular complexity index is 973. The van der Waals surface area contributed by atoms with Gasteiger partial charge in [0.2, 0.25) is 0 Å². The molecule has 0 bridgehead atoms. The highest BCUT2D eigenvalue weighted by atomic mass is 16.5. The van der Waals surface area contributed by atoms with Gasteiger partial charge >= 0.3 is 5.97 Å². The molecule has 0 amide bonds. The van der Waals surface area contributed by atoms with Gasteiger partial charge in [-0.2, -0.15) is 0 Å². The first-order chi connectivity index (χ1) is 14.1. The highest BCUT2D eigenvalue weighted by molar-refractivity contribution is 5.81. The SMILES string of the molecule is COc1cccc2[nH]c(C[C@H]3CN(Cc4ccccn4)CC[C@H]3CC(=O)O)nc12. The van der Waals surface area contributed by atoms with E-state index in [1.807, 2.05) is 42.6 Å². The summed E-state index contributed by atoms with van der Waals surface area (Å²) in [7, 11) is 1.64. The molecule has 0 radical (unpaired) electrons. The van der Waals surface area contributed by atoms with Crippen LogP contribution in [0.2, 0.25) is 0 Å². The Labute approximate surface area is 169 Å². The van der Waals surface area contributed by atoms with Crippen molar-refractivity contribution in [1.82, 2.24) is 19.9 Å². The first-order valence-corrected chi connectivity index (χ1v) is 9.98. The fourth-order valence-electron chi connectivity index (χ4n) is 4.31. The van der Waals surface area contributed by atoms with Crippen molar-refractivity contribution in [2.24, 2.45) is 11.8 Å². The fourth-order valence-corrected chi connectivity index (χ4v) is 4.31. The van der Waals surface area contributed by atoms with Crippen molar-refractivity contribution in [2.45, 2.75) is 25.8 Å². The molecular weight excluding hydrogens is 368 g/mol. The van der Waals surface area contributed by atoms with E-state index in [0.717, 1.165) is 54.4 Å². The molecule has 1 saturated heterocycles. The molecule has 152 valence electrons. The van der Waals surface area contributed by atoms with Gasteiger partial charge in [0, 0.05) is 32.1 Å². The maximum atomic E-state index is 11.4. The molecule has 1 aliphatic heterocycles. The molecular formula is C22H26N4O3. The van der Waals surface area contributed by atoms with Crippen molar-refractivity contribution in [3.63, 3.8) is 0 Å². The number of carbonyl (C=O) groups is 1. The average Bonchev–Trinajstić information content (AvgIpc) is 3.13. The normalized spacial score (nSPS) is 20.0. The van der Waals surface area contributed by atoms with Gasteiger partial charge in [-0.1, -0.05) is 12.1 Å². The monoisotopic (exact) mass is 394 g/mol. The van der Waals surface area contributed by atoms with Gasteiger partial charge in [0.05, 0.1) is 18.3 Å². The summed E-state index contributed by atoms with van der Waals surface area (Å²) in [5.74, 6) is 1.25. The number of methoxy groups -OCH3 is 1. The van der Waals surface area contributed by atoms with Gasteiger partial charge in [-0.05, 0) is 49.1 Å². The molecule has 1 aliphatic rings. The summed E-state index contributed by atoms with van der Waals surface area (Å²) in [6.45, 7) is 2.51. The number of aliphatic carboxylic acids is 1. The number of fused-ring (bicyclic) bond motifs is 1. The van der Waals surface area contributed by atoms with Crippen molar-refractivity contribution in [3.8, 4) is 5.75 Å². The Morgan fingerprint density at radius 1 is 1.28 bits per heavy atom. The van der Waals surface area contributed by atoms with E-state index in [0.29, 0.717) is 6.42 Å². The van der Waals surface area contributed by atoms with E-state index in [4.69, 9.17) is 9.72 Å². The number of nitrogens with one attached hydrogen (secondary N) is 1. The van der Waals surface area contributed by atoms with Crippen molar-refractivity contribution in [1.29, 1.82) is 0 Å². The van der Waals surface area contributed by atoms with Crippen molar-refractivity contribution in [2.75, 3.05) is 20.2 Å². The average molecular weight is 394 g/mol. The minimum absolute atomic E-state index is 0.141. The fraction of sp³-hybridized carbons (Fsp3) is 0.409. The van der Waals surface area contributed by atoms with Crippen LogP contribution < -0.4 is 4.74 Å². The quantitative estimate of drug-likeness (QED) is 0.640. The van der Waals surface area contributed by atoms with Gasteiger partial charge in [-0.15, -0.1) is 0 Å². The van der Waals surface area contributed by atoms with Crippen LogP contribution in [0.4, 0.5) is 0 Å². The summed E-state index contributed by atoms with van der Waals surface area (Å²) in [6.07, 6.45) is 3.60. The molecule has 7 heteroatoms. The second-order valence-corrected chi connectivity index (χ2v) is 7.71. The number of aromatic amines is 1. The predicted octanol–water partition coefficient (Wildman–Crippen LogP) is 3.12. The van der Waals surface area contributed by atoms with E-state index in [-0.39, 0.29) is 18.3 Å². The van der Waals surface area contributed by atoms with Crippen LogP contribution in [0.25, 0.3) is 11.0 Å². The highest BCUT2D eigenvalue weighted by Crippen LogP contribution is 2.31. The molecule has 2 N–H and O–H groups in total. The van der Waals surface area contributed by atoms with Gasteiger partial charge in [0.15, 0.2) is 0 Å². The van der Waals surface area contributed by atoms with Gasteiger partial charge < -0.3 is 14.8 Å². The second kappa shape index (κ2) is 8.61. The van der Waals surface area contributed by atoms with Gasteiger partial charge in [-0.3, -0.25) is 14.7 Å². The maximum Gasteiger partial charge on any atom is 0.303 e. The molecule has 0 saturated carbocycles. The largest absolute Gasteiger partial charge is 0.494 e. The van der Waals surface area contributed by atoms with Crippen LogP contribution in [-0.4, -0.2) is 51.1 Å². The zero-order valence-electron chi connectivity index (χ0n) is 16.5. The Morgan fingerprint density at radius 2 is 2.17 bits per heavy atom. The second-order valence-electron chi connectivity index (χ2n) is 7.71. The number of H-pyrrole nitrogens is 1. The number of pyridine rings is 1. The molecule has 1 aromatic carbocycles. The number of benzene rings is 1. The Balaban J connectivity index is 1.53. The molecule has 3 heterocycles. The summed E-state index contributed by atoms with van der Waals surface area (Å²) in [4.78, 5) is 26.3.